The average Bonchev–Trinajstić information content (AvgIpc) is 2.90. The van der Waals surface area contributed by atoms with Gasteiger partial charge in [-0.15, -0.1) is 0 Å². The molecule has 1 fully saturated rings. The van der Waals surface area contributed by atoms with E-state index in [0.29, 0.717) is 17.7 Å². The summed E-state index contributed by atoms with van der Waals surface area (Å²) in [5.41, 5.74) is 0.287. The highest BCUT2D eigenvalue weighted by Crippen LogP contribution is 2.28. The zero-order valence-electron chi connectivity index (χ0n) is 13.2. The molecule has 1 amide bonds. The SMILES string of the molecule is Cc1c(CC(=O)N2CCCC2C(C)(C)O)cccc1[N+](=O)[O-]. The summed E-state index contributed by atoms with van der Waals surface area (Å²) in [4.78, 5) is 24.8. The van der Waals surface area contributed by atoms with Crippen molar-refractivity contribution in [2.45, 2.75) is 51.7 Å². The second-order valence-corrected chi connectivity index (χ2v) is 6.39. The molecule has 1 N–H and O–H groups in total. The highest BCUT2D eigenvalue weighted by Gasteiger charge is 2.38. The predicted octanol–water partition coefficient (Wildman–Crippen LogP) is 2.21. The van der Waals surface area contributed by atoms with Crippen molar-refractivity contribution in [3.05, 3.63) is 39.4 Å². The minimum atomic E-state index is -0.941. The van der Waals surface area contributed by atoms with E-state index in [1.807, 2.05) is 0 Å². The van der Waals surface area contributed by atoms with Crippen molar-refractivity contribution in [3.8, 4) is 0 Å². The number of nitro benzene ring substituents is 1. The Morgan fingerprint density at radius 3 is 2.77 bits per heavy atom. The summed E-state index contributed by atoms with van der Waals surface area (Å²) < 4.78 is 0. The lowest BCUT2D eigenvalue weighted by atomic mass is 9.96. The molecular formula is C16H22N2O4. The van der Waals surface area contributed by atoms with Crippen LogP contribution in [0.4, 0.5) is 5.69 Å². The predicted molar refractivity (Wildman–Crippen MR) is 82.6 cm³/mol. The van der Waals surface area contributed by atoms with Crippen LogP contribution in [0.2, 0.25) is 0 Å². The van der Waals surface area contributed by atoms with Crippen molar-refractivity contribution in [2.75, 3.05) is 6.54 Å². The molecule has 6 heteroatoms. The maximum Gasteiger partial charge on any atom is 0.272 e. The van der Waals surface area contributed by atoms with Gasteiger partial charge in [-0.25, -0.2) is 0 Å². The second kappa shape index (κ2) is 6.04. The number of likely N-dealkylation sites (tertiary alicyclic amines) is 1. The standard InChI is InChI=1S/C16H22N2O4/c1-11-12(6-4-7-13(11)18(21)22)10-15(19)17-9-5-8-14(17)16(2,3)20/h4,6-7,14,20H,5,8-10H2,1-3H3. The molecule has 1 unspecified atom stereocenters. The van der Waals surface area contributed by atoms with E-state index in [0.717, 1.165) is 12.8 Å². The first-order valence-electron chi connectivity index (χ1n) is 7.46. The van der Waals surface area contributed by atoms with Gasteiger partial charge in [0.1, 0.15) is 0 Å². The first-order valence-corrected chi connectivity index (χ1v) is 7.46. The van der Waals surface area contributed by atoms with Crippen LogP contribution in [0.15, 0.2) is 18.2 Å². The first kappa shape index (κ1) is 16.4. The van der Waals surface area contributed by atoms with Crippen LogP contribution in [-0.2, 0) is 11.2 Å². The second-order valence-electron chi connectivity index (χ2n) is 6.39. The fourth-order valence-corrected chi connectivity index (χ4v) is 3.12. The van der Waals surface area contributed by atoms with Crippen LogP contribution in [0, 0.1) is 17.0 Å². The number of hydrogen-bond donors (Lipinski definition) is 1. The van der Waals surface area contributed by atoms with Crippen molar-refractivity contribution in [1.82, 2.24) is 4.90 Å². The number of hydrogen-bond acceptors (Lipinski definition) is 4. The van der Waals surface area contributed by atoms with Crippen molar-refractivity contribution in [1.29, 1.82) is 0 Å². The lowest BCUT2D eigenvalue weighted by Crippen LogP contribution is -2.48. The molecule has 1 atom stereocenters. The summed E-state index contributed by atoms with van der Waals surface area (Å²) in [5, 5.41) is 21.2. The molecular weight excluding hydrogens is 284 g/mol. The molecule has 0 aliphatic carbocycles. The quantitative estimate of drug-likeness (QED) is 0.683. The minimum Gasteiger partial charge on any atom is -0.388 e. The van der Waals surface area contributed by atoms with Gasteiger partial charge < -0.3 is 10.0 Å². The van der Waals surface area contributed by atoms with Gasteiger partial charge in [-0.05, 0) is 39.2 Å². The van der Waals surface area contributed by atoms with Crippen molar-refractivity contribution in [3.63, 3.8) is 0 Å². The smallest absolute Gasteiger partial charge is 0.272 e. The minimum absolute atomic E-state index is 0.0331. The third-order valence-electron chi connectivity index (χ3n) is 4.34. The van der Waals surface area contributed by atoms with Gasteiger partial charge in [-0.2, -0.15) is 0 Å². The summed E-state index contributed by atoms with van der Waals surface area (Å²) in [6.07, 6.45) is 1.78. The Morgan fingerprint density at radius 1 is 1.50 bits per heavy atom. The molecule has 6 nitrogen and oxygen atoms in total. The molecule has 1 heterocycles. The van der Waals surface area contributed by atoms with E-state index in [-0.39, 0.29) is 24.1 Å². The van der Waals surface area contributed by atoms with Crippen molar-refractivity contribution in [2.24, 2.45) is 0 Å². The lowest BCUT2D eigenvalue weighted by Gasteiger charge is -2.34. The van der Waals surface area contributed by atoms with Gasteiger partial charge in [0.15, 0.2) is 0 Å². The largest absolute Gasteiger partial charge is 0.388 e. The molecule has 0 bridgehead atoms. The Labute approximate surface area is 129 Å². The molecule has 1 aromatic rings. The molecule has 2 rings (SSSR count). The van der Waals surface area contributed by atoms with Crippen molar-refractivity contribution < 1.29 is 14.8 Å². The van der Waals surface area contributed by atoms with Gasteiger partial charge in [0.2, 0.25) is 5.91 Å². The van der Waals surface area contributed by atoms with Gasteiger partial charge in [0.25, 0.3) is 5.69 Å². The van der Waals surface area contributed by atoms with Crippen LogP contribution < -0.4 is 0 Å². The van der Waals surface area contributed by atoms with E-state index in [1.165, 1.54) is 6.07 Å². The molecule has 0 aromatic heterocycles. The van der Waals surface area contributed by atoms with E-state index >= 15 is 0 Å². The Morgan fingerprint density at radius 2 is 2.18 bits per heavy atom. The molecule has 1 aliphatic rings. The molecule has 1 saturated heterocycles. The molecule has 1 aromatic carbocycles. The zero-order valence-corrected chi connectivity index (χ0v) is 13.2. The maximum atomic E-state index is 12.6. The number of nitro groups is 1. The van der Waals surface area contributed by atoms with Gasteiger partial charge >= 0.3 is 0 Å². The number of carbonyl (C=O) groups excluding carboxylic acids is 1. The summed E-state index contributed by atoms with van der Waals surface area (Å²) >= 11 is 0. The van der Waals surface area contributed by atoms with Crippen LogP contribution in [0.25, 0.3) is 0 Å². The van der Waals surface area contributed by atoms with Crippen molar-refractivity contribution >= 4 is 11.6 Å². The number of amides is 1. The van der Waals surface area contributed by atoms with Crippen LogP contribution in [-0.4, -0.2) is 39.0 Å². The Kier molecular flexibility index (Phi) is 4.51. The molecule has 0 saturated carbocycles. The number of rotatable bonds is 4. The van der Waals surface area contributed by atoms with Gasteiger partial charge in [-0.3, -0.25) is 14.9 Å². The van der Waals surface area contributed by atoms with E-state index in [4.69, 9.17) is 0 Å². The van der Waals surface area contributed by atoms with Gasteiger partial charge in [0, 0.05) is 18.2 Å². The first-order chi connectivity index (χ1) is 10.2. The number of carbonyl (C=O) groups is 1. The maximum absolute atomic E-state index is 12.6. The molecule has 1 aliphatic heterocycles. The van der Waals surface area contributed by atoms with Crippen LogP contribution in [0.3, 0.4) is 0 Å². The number of aliphatic hydroxyl groups is 1. The molecule has 22 heavy (non-hydrogen) atoms. The van der Waals surface area contributed by atoms with E-state index in [2.05, 4.69) is 0 Å². The Balaban J connectivity index is 2.19. The summed E-state index contributed by atoms with van der Waals surface area (Å²) in [6.45, 7) is 5.71. The summed E-state index contributed by atoms with van der Waals surface area (Å²) in [5.74, 6) is -0.0896. The molecule has 0 spiro atoms. The fraction of sp³-hybridized carbons (Fsp3) is 0.562. The van der Waals surface area contributed by atoms with Gasteiger partial charge in [-0.1, -0.05) is 12.1 Å². The third-order valence-corrected chi connectivity index (χ3v) is 4.34. The topological polar surface area (TPSA) is 83.7 Å². The highest BCUT2D eigenvalue weighted by atomic mass is 16.6. The number of nitrogens with zero attached hydrogens (tertiary/aromatic N) is 2. The van der Waals surface area contributed by atoms with E-state index in [1.54, 1.807) is 37.8 Å². The third kappa shape index (κ3) is 3.27. The van der Waals surface area contributed by atoms with Crippen LogP contribution in [0.1, 0.15) is 37.8 Å². The number of benzene rings is 1. The van der Waals surface area contributed by atoms with Crippen LogP contribution >= 0.6 is 0 Å². The monoisotopic (exact) mass is 306 g/mol. The molecule has 120 valence electrons. The van der Waals surface area contributed by atoms with E-state index in [9.17, 15) is 20.0 Å². The zero-order chi connectivity index (χ0) is 16.5. The average molecular weight is 306 g/mol. The van der Waals surface area contributed by atoms with Crippen LogP contribution in [0.5, 0.6) is 0 Å². The van der Waals surface area contributed by atoms with Gasteiger partial charge in [0.05, 0.1) is 23.0 Å². The van der Waals surface area contributed by atoms with E-state index < -0.39 is 10.5 Å². The summed E-state index contributed by atoms with van der Waals surface area (Å²) in [6, 6.07) is 4.60. The normalized spacial score (nSPS) is 18.5. The summed E-state index contributed by atoms with van der Waals surface area (Å²) in [7, 11) is 0. The highest BCUT2D eigenvalue weighted by molar-refractivity contribution is 5.80. The fourth-order valence-electron chi connectivity index (χ4n) is 3.12. The Bertz CT molecular complexity index is 592. The lowest BCUT2D eigenvalue weighted by molar-refractivity contribution is -0.385. The molecule has 0 radical (unpaired) electrons. The Hall–Kier alpha value is -1.95.